The summed E-state index contributed by atoms with van der Waals surface area (Å²) in [6, 6.07) is 11.6. The van der Waals surface area contributed by atoms with Crippen LogP contribution in [-0.2, 0) is 11.2 Å². The largest absolute Gasteiger partial charge is 0.354 e. The molecule has 3 rings (SSSR count). The fourth-order valence-corrected chi connectivity index (χ4v) is 3.45. The van der Waals surface area contributed by atoms with Crippen LogP contribution in [0.5, 0.6) is 0 Å². The Morgan fingerprint density at radius 2 is 1.92 bits per heavy atom. The molecule has 2 unspecified atom stereocenters. The van der Waals surface area contributed by atoms with E-state index >= 15 is 0 Å². The third-order valence-corrected chi connectivity index (χ3v) is 5.09. The second-order valence-corrected chi connectivity index (χ2v) is 6.93. The molecule has 130 valence electrons. The van der Waals surface area contributed by atoms with E-state index in [1.54, 1.807) is 6.92 Å². The number of aliphatic imine (C=N–C) groups is 1. The Morgan fingerprint density at radius 1 is 1.21 bits per heavy atom. The van der Waals surface area contributed by atoms with Crippen LogP contribution in [0.1, 0.15) is 31.7 Å². The summed E-state index contributed by atoms with van der Waals surface area (Å²) in [6.07, 6.45) is 4.31. The Kier molecular flexibility index (Phi) is 5.38. The molecule has 1 saturated carbocycles. The lowest BCUT2D eigenvalue weighted by Crippen LogP contribution is -2.50. The summed E-state index contributed by atoms with van der Waals surface area (Å²) in [4.78, 5) is 17.7. The minimum absolute atomic E-state index is 0.178. The van der Waals surface area contributed by atoms with Gasteiger partial charge in [-0.1, -0.05) is 30.3 Å². The Bertz CT molecular complexity index is 578. The number of hydrogen-bond acceptors (Lipinski definition) is 2. The lowest BCUT2D eigenvalue weighted by molar-refractivity contribution is -0.129. The summed E-state index contributed by atoms with van der Waals surface area (Å²) in [7, 11) is 1.83. The van der Waals surface area contributed by atoms with Crippen molar-refractivity contribution in [1.82, 2.24) is 15.5 Å². The zero-order valence-electron chi connectivity index (χ0n) is 14.7. The molecule has 1 heterocycles. The number of guanidine groups is 1. The molecule has 5 heteroatoms. The lowest BCUT2D eigenvalue weighted by atomic mass is 10.1. The van der Waals surface area contributed by atoms with Crippen molar-refractivity contribution in [2.24, 2.45) is 10.9 Å². The Morgan fingerprint density at radius 3 is 2.54 bits per heavy atom. The van der Waals surface area contributed by atoms with E-state index < -0.39 is 0 Å². The number of nitrogens with zero attached hydrogens (tertiary/aromatic N) is 2. The van der Waals surface area contributed by atoms with Gasteiger partial charge in [0.15, 0.2) is 5.96 Å². The highest BCUT2D eigenvalue weighted by atomic mass is 16.2. The maximum absolute atomic E-state index is 11.4. The molecule has 0 bridgehead atoms. The molecule has 0 aromatic heterocycles. The highest BCUT2D eigenvalue weighted by Crippen LogP contribution is 2.33. The SMILES string of the molecule is CN=C(NC1CCN(C(C)=O)CC1)NC1CC1Cc1ccccc1. The van der Waals surface area contributed by atoms with Crippen molar-refractivity contribution in [2.75, 3.05) is 20.1 Å². The molecule has 24 heavy (non-hydrogen) atoms. The second-order valence-electron chi connectivity index (χ2n) is 6.93. The molecule has 1 aromatic carbocycles. The maximum Gasteiger partial charge on any atom is 0.219 e. The average Bonchev–Trinajstić information content (AvgIpc) is 3.33. The average molecular weight is 328 g/mol. The number of rotatable bonds is 4. The summed E-state index contributed by atoms with van der Waals surface area (Å²) in [5.74, 6) is 1.78. The molecule has 1 aromatic rings. The highest BCUT2D eigenvalue weighted by Gasteiger charge is 2.37. The van der Waals surface area contributed by atoms with Crippen LogP contribution in [-0.4, -0.2) is 49.0 Å². The van der Waals surface area contributed by atoms with Crippen LogP contribution < -0.4 is 10.6 Å². The normalized spacial score (nSPS) is 24.6. The Labute approximate surface area is 144 Å². The molecule has 1 saturated heterocycles. The highest BCUT2D eigenvalue weighted by molar-refractivity contribution is 5.80. The van der Waals surface area contributed by atoms with Gasteiger partial charge in [-0.25, -0.2) is 0 Å². The molecule has 0 radical (unpaired) electrons. The van der Waals surface area contributed by atoms with Crippen LogP contribution in [0.25, 0.3) is 0 Å². The second kappa shape index (κ2) is 7.69. The summed E-state index contributed by atoms with van der Waals surface area (Å²) in [5, 5.41) is 7.07. The first-order valence-corrected chi connectivity index (χ1v) is 8.95. The van der Waals surface area contributed by atoms with Crippen molar-refractivity contribution in [3.63, 3.8) is 0 Å². The lowest BCUT2D eigenvalue weighted by Gasteiger charge is -2.32. The van der Waals surface area contributed by atoms with Crippen molar-refractivity contribution >= 4 is 11.9 Å². The fraction of sp³-hybridized carbons (Fsp3) is 0.579. The Balaban J connectivity index is 1.41. The third kappa shape index (κ3) is 4.49. The number of hydrogen-bond donors (Lipinski definition) is 2. The minimum Gasteiger partial charge on any atom is -0.354 e. The number of nitrogens with one attached hydrogen (secondary N) is 2. The first-order chi connectivity index (χ1) is 11.7. The summed E-state index contributed by atoms with van der Waals surface area (Å²) in [5.41, 5.74) is 1.41. The van der Waals surface area contributed by atoms with Gasteiger partial charge in [0.05, 0.1) is 0 Å². The first kappa shape index (κ1) is 16.8. The zero-order chi connectivity index (χ0) is 16.9. The number of piperidine rings is 1. The number of benzene rings is 1. The van der Waals surface area contributed by atoms with Crippen LogP contribution in [0.3, 0.4) is 0 Å². The number of carbonyl (C=O) groups excluding carboxylic acids is 1. The molecule has 1 aliphatic carbocycles. The van der Waals surface area contributed by atoms with Crippen LogP contribution in [0, 0.1) is 5.92 Å². The molecule has 5 nitrogen and oxygen atoms in total. The third-order valence-electron chi connectivity index (χ3n) is 5.09. The van der Waals surface area contributed by atoms with Crippen molar-refractivity contribution in [3.8, 4) is 0 Å². The number of carbonyl (C=O) groups is 1. The van der Waals surface area contributed by atoms with E-state index in [0.29, 0.717) is 18.0 Å². The smallest absolute Gasteiger partial charge is 0.219 e. The van der Waals surface area contributed by atoms with Gasteiger partial charge >= 0.3 is 0 Å². The van der Waals surface area contributed by atoms with Gasteiger partial charge in [-0.05, 0) is 37.2 Å². The summed E-state index contributed by atoms with van der Waals surface area (Å²) < 4.78 is 0. The summed E-state index contributed by atoms with van der Waals surface area (Å²) >= 11 is 0. The van der Waals surface area contributed by atoms with Gasteiger partial charge in [-0.15, -0.1) is 0 Å². The van der Waals surface area contributed by atoms with Crippen LogP contribution >= 0.6 is 0 Å². The molecular formula is C19H28N4O. The van der Waals surface area contributed by atoms with Gasteiger partial charge in [0.2, 0.25) is 5.91 Å². The topological polar surface area (TPSA) is 56.7 Å². The van der Waals surface area contributed by atoms with Crippen LogP contribution in [0.2, 0.25) is 0 Å². The summed E-state index contributed by atoms with van der Waals surface area (Å²) in [6.45, 7) is 3.32. The number of likely N-dealkylation sites (tertiary alicyclic amines) is 1. The van der Waals surface area contributed by atoms with E-state index in [1.807, 2.05) is 11.9 Å². The predicted molar refractivity (Wildman–Crippen MR) is 96.9 cm³/mol. The van der Waals surface area contributed by atoms with Gasteiger partial charge < -0.3 is 15.5 Å². The standard InChI is InChI=1S/C19H28N4O/c1-14(24)23-10-8-17(9-11-23)21-19(20-2)22-18-13-16(18)12-15-6-4-3-5-7-15/h3-7,16-18H,8-13H2,1-2H3,(H2,20,21,22). The molecule has 2 aliphatic rings. The van der Waals surface area contributed by atoms with Crippen molar-refractivity contribution < 1.29 is 4.79 Å². The van der Waals surface area contributed by atoms with Crippen LogP contribution in [0.4, 0.5) is 0 Å². The molecule has 1 aliphatic heterocycles. The van der Waals surface area contributed by atoms with E-state index in [0.717, 1.165) is 38.3 Å². The quantitative estimate of drug-likeness (QED) is 0.654. The maximum atomic E-state index is 11.4. The van der Waals surface area contributed by atoms with E-state index in [4.69, 9.17) is 0 Å². The van der Waals surface area contributed by atoms with Gasteiger partial charge in [-0.3, -0.25) is 9.79 Å². The predicted octanol–water partition coefficient (Wildman–Crippen LogP) is 1.79. The molecule has 2 atom stereocenters. The molecular weight excluding hydrogens is 300 g/mol. The van der Waals surface area contributed by atoms with Crippen molar-refractivity contribution in [1.29, 1.82) is 0 Å². The molecule has 1 amide bonds. The van der Waals surface area contributed by atoms with Crippen LogP contribution in [0.15, 0.2) is 35.3 Å². The van der Waals surface area contributed by atoms with Crippen molar-refractivity contribution in [2.45, 2.75) is 44.7 Å². The monoisotopic (exact) mass is 328 g/mol. The Hall–Kier alpha value is -2.04. The molecule has 2 N–H and O–H groups in total. The number of amides is 1. The fourth-order valence-electron chi connectivity index (χ4n) is 3.45. The van der Waals surface area contributed by atoms with E-state index in [-0.39, 0.29) is 5.91 Å². The van der Waals surface area contributed by atoms with E-state index in [9.17, 15) is 4.79 Å². The van der Waals surface area contributed by atoms with E-state index in [2.05, 4.69) is 46.0 Å². The van der Waals surface area contributed by atoms with Gasteiger partial charge in [-0.2, -0.15) is 0 Å². The first-order valence-electron chi connectivity index (χ1n) is 8.95. The van der Waals surface area contributed by atoms with Gasteiger partial charge in [0.25, 0.3) is 0 Å². The van der Waals surface area contributed by atoms with E-state index in [1.165, 1.54) is 12.0 Å². The zero-order valence-corrected chi connectivity index (χ0v) is 14.7. The minimum atomic E-state index is 0.178. The molecule has 0 spiro atoms. The van der Waals surface area contributed by atoms with Gasteiger partial charge in [0.1, 0.15) is 0 Å². The van der Waals surface area contributed by atoms with Gasteiger partial charge in [0, 0.05) is 39.1 Å². The van der Waals surface area contributed by atoms with Crippen molar-refractivity contribution in [3.05, 3.63) is 35.9 Å². The molecule has 2 fully saturated rings.